The molecule has 0 saturated heterocycles. The molecule has 0 aromatic heterocycles. The first-order chi connectivity index (χ1) is 12.0. The van der Waals surface area contributed by atoms with Crippen LogP contribution in [-0.4, -0.2) is 19.0 Å². The van der Waals surface area contributed by atoms with Crippen LogP contribution >= 0.6 is 0 Å². The number of rotatable bonds is 4. The van der Waals surface area contributed by atoms with Crippen LogP contribution in [0, 0.1) is 5.92 Å². The summed E-state index contributed by atoms with van der Waals surface area (Å²) in [6.45, 7) is 3.51. The lowest BCUT2D eigenvalue weighted by molar-refractivity contribution is -0.137. The van der Waals surface area contributed by atoms with Crippen LogP contribution in [-0.2, 0) is 4.79 Å². The maximum Gasteiger partial charge on any atom is 0.313 e. The highest BCUT2D eigenvalue weighted by atomic mass is 16.6. The zero-order valence-electron chi connectivity index (χ0n) is 14.2. The van der Waals surface area contributed by atoms with Gasteiger partial charge in [0, 0.05) is 5.56 Å². The third kappa shape index (κ3) is 3.42. The van der Waals surface area contributed by atoms with Crippen LogP contribution < -0.4 is 19.5 Å². The second-order valence-corrected chi connectivity index (χ2v) is 5.95. The molecule has 2 aromatic carbocycles. The number of hydrogen-bond donors (Lipinski definition) is 1. The fraction of sp³-hybridized carbons (Fsp3) is 0.263. The molecule has 1 amide bonds. The van der Waals surface area contributed by atoms with Crippen LogP contribution in [0.15, 0.2) is 42.5 Å². The van der Waals surface area contributed by atoms with Gasteiger partial charge in [0.25, 0.3) is 5.91 Å². The molecule has 1 N–H and O–H groups in total. The Hall–Kier alpha value is -3.02. The van der Waals surface area contributed by atoms with Gasteiger partial charge in [-0.25, -0.2) is 0 Å². The molecule has 6 nitrogen and oxygen atoms in total. The number of ether oxygens (including phenoxy) is 3. The van der Waals surface area contributed by atoms with Crippen molar-refractivity contribution in [1.82, 2.24) is 5.32 Å². The maximum absolute atomic E-state index is 12.2. The smallest absolute Gasteiger partial charge is 0.313 e. The van der Waals surface area contributed by atoms with Gasteiger partial charge in [-0.05, 0) is 30.3 Å². The first-order valence-electron chi connectivity index (χ1n) is 7.95. The van der Waals surface area contributed by atoms with E-state index < -0.39 is 6.23 Å². The molecule has 0 spiro atoms. The Morgan fingerprint density at radius 3 is 2.64 bits per heavy atom. The highest BCUT2D eigenvalue weighted by molar-refractivity contribution is 5.98. The van der Waals surface area contributed by atoms with E-state index in [4.69, 9.17) is 14.2 Å². The van der Waals surface area contributed by atoms with Gasteiger partial charge < -0.3 is 19.5 Å². The van der Waals surface area contributed by atoms with E-state index in [0.29, 0.717) is 28.4 Å². The summed E-state index contributed by atoms with van der Waals surface area (Å²) in [5.74, 6) is 0.436. The first-order valence-corrected chi connectivity index (χ1v) is 7.95. The van der Waals surface area contributed by atoms with E-state index >= 15 is 0 Å². The van der Waals surface area contributed by atoms with Gasteiger partial charge in [-0.2, -0.15) is 0 Å². The molecule has 1 aliphatic rings. The predicted octanol–water partition coefficient (Wildman–Crippen LogP) is 3.08. The second-order valence-electron chi connectivity index (χ2n) is 5.95. The molecule has 0 fully saturated rings. The van der Waals surface area contributed by atoms with Gasteiger partial charge in [-0.1, -0.05) is 26.0 Å². The second kappa shape index (κ2) is 6.84. The number of esters is 1. The SMILES string of the molecule is COc1cc([C@@H]2NC(=O)c3ccccc3O2)ccc1OC(=O)C(C)C. The highest BCUT2D eigenvalue weighted by Gasteiger charge is 2.27. The molecular formula is C19H19NO5. The molecule has 130 valence electrons. The Bertz CT molecular complexity index is 815. The van der Waals surface area contributed by atoms with Crippen molar-refractivity contribution in [1.29, 1.82) is 0 Å². The Labute approximate surface area is 145 Å². The van der Waals surface area contributed by atoms with Crippen molar-refractivity contribution in [2.45, 2.75) is 20.1 Å². The molecule has 0 radical (unpaired) electrons. The first kappa shape index (κ1) is 16.8. The van der Waals surface area contributed by atoms with Gasteiger partial charge >= 0.3 is 5.97 Å². The number of benzene rings is 2. The van der Waals surface area contributed by atoms with E-state index in [1.165, 1.54) is 7.11 Å². The summed E-state index contributed by atoms with van der Waals surface area (Å²) in [6.07, 6.45) is -0.647. The van der Waals surface area contributed by atoms with Crippen molar-refractivity contribution in [3.05, 3.63) is 53.6 Å². The van der Waals surface area contributed by atoms with E-state index in [-0.39, 0.29) is 17.8 Å². The molecule has 0 bridgehead atoms. The average molecular weight is 341 g/mol. The molecule has 1 atom stereocenters. The number of carbonyl (C=O) groups is 2. The largest absolute Gasteiger partial charge is 0.493 e. The van der Waals surface area contributed by atoms with Gasteiger partial charge in [0.05, 0.1) is 18.6 Å². The highest BCUT2D eigenvalue weighted by Crippen LogP contribution is 2.34. The summed E-state index contributed by atoms with van der Waals surface area (Å²) < 4.78 is 16.5. The lowest BCUT2D eigenvalue weighted by atomic mass is 10.1. The summed E-state index contributed by atoms with van der Waals surface area (Å²) in [5.41, 5.74) is 1.18. The number of carbonyl (C=O) groups excluding carboxylic acids is 2. The average Bonchev–Trinajstić information content (AvgIpc) is 2.61. The molecular weight excluding hydrogens is 322 g/mol. The number of methoxy groups -OCH3 is 1. The lowest BCUT2D eigenvalue weighted by Gasteiger charge is -2.27. The molecule has 25 heavy (non-hydrogen) atoms. The minimum atomic E-state index is -0.647. The van der Waals surface area contributed by atoms with E-state index in [2.05, 4.69) is 5.32 Å². The molecule has 1 heterocycles. The molecule has 1 aliphatic heterocycles. The summed E-state index contributed by atoms with van der Waals surface area (Å²) in [5, 5.41) is 2.79. The van der Waals surface area contributed by atoms with Crippen molar-refractivity contribution in [3.63, 3.8) is 0 Å². The van der Waals surface area contributed by atoms with Crippen molar-refractivity contribution in [3.8, 4) is 17.2 Å². The normalized spacial score (nSPS) is 15.8. The zero-order valence-corrected chi connectivity index (χ0v) is 14.2. The van der Waals surface area contributed by atoms with Gasteiger partial charge in [0.1, 0.15) is 5.75 Å². The number of para-hydroxylation sites is 1. The molecule has 0 unspecified atom stereocenters. The van der Waals surface area contributed by atoms with Crippen LogP contribution in [0.2, 0.25) is 0 Å². The van der Waals surface area contributed by atoms with Gasteiger partial charge in [-0.15, -0.1) is 0 Å². The molecule has 3 rings (SSSR count). The standard InChI is InChI=1S/C19H19NO5/c1-11(2)19(22)25-15-9-8-12(10-16(15)23-3)18-20-17(21)13-6-4-5-7-14(13)24-18/h4-11,18H,1-3H3,(H,20,21)/t18-/m1/s1. The summed E-state index contributed by atoms with van der Waals surface area (Å²) >= 11 is 0. The number of amides is 1. The quantitative estimate of drug-likeness (QED) is 0.683. The van der Waals surface area contributed by atoms with Crippen LogP contribution in [0.25, 0.3) is 0 Å². The summed E-state index contributed by atoms with van der Waals surface area (Å²) in [6, 6.07) is 12.1. The Morgan fingerprint density at radius 2 is 1.92 bits per heavy atom. The number of nitrogens with one attached hydrogen (secondary N) is 1. The number of fused-ring (bicyclic) bond motifs is 1. The molecule has 0 saturated carbocycles. The van der Waals surface area contributed by atoms with Crippen LogP contribution in [0.5, 0.6) is 17.2 Å². The predicted molar refractivity (Wildman–Crippen MR) is 90.7 cm³/mol. The zero-order chi connectivity index (χ0) is 18.0. The van der Waals surface area contributed by atoms with Crippen LogP contribution in [0.4, 0.5) is 0 Å². The fourth-order valence-electron chi connectivity index (χ4n) is 2.42. The molecule has 6 heteroatoms. The molecule has 0 aliphatic carbocycles. The van der Waals surface area contributed by atoms with Crippen molar-refractivity contribution in [2.24, 2.45) is 5.92 Å². The van der Waals surface area contributed by atoms with Crippen molar-refractivity contribution >= 4 is 11.9 Å². The topological polar surface area (TPSA) is 73.9 Å². The van der Waals surface area contributed by atoms with E-state index in [0.717, 1.165) is 0 Å². The maximum atomic E-state index is 12.2. The van der Waals surface area contributed by atoms with Crippen molar-refractivity contribution < 1.29 is 23.8 Å². The summed E-state index contributed by atoms with van der Waals surface area (Å²) in [7, 11) is 1.49. The lowest BCUT2D eigenvalue weighted by Crippen LogP contribution is -2.36. The van der Waals surface area contributed by atoms with Gasteiger partial charge in [0.15, 0.2) is 17.7 Å². The van der Waals surface area contributed by atoms with Crippen LogP contribution in [0.3, 0.4) is 0 Å². The van der Waals surface area contributed by atoms with Crippen molar-refractivity contribution in [2.75, 3.05) is 7.11 Å². The van der Waals surface area contributed by atoms with Gasteiger partial charge in [-0.3, -0.25) is 9.59 Å². The van der Waals surface area contributed by atoms with Crippen LogP contribution in [0.1, 0.15) is 36.0 Å². The Kier molecular flexibility index (Phi) is 4.61. The monoisotopic (exact) mass is 341 g/mol. The Balaban J connectivity index is 1.87. The number of hydrogen-bond acceptors (Lipinski definition) is 5. The Morgan fingerprint density at radius 1 is 1.16 bits per heavy atom. The molecule has 2 aromatic rings. The fourth-order valence-corrected chi connectivity index (χ4v) is 2.42. The van der Waals surface area contributed by atoms with E-state index in [9.17, 15) is 9.59 Å². The summed E-state index contributed by atoms with van der Waals surface area (Å²) in [4.78, 5) is 24.0. The third-order valence-electron chi connectivity index (χ3n) is 3.81. The van der Waals surface area contributed by atoms with Gasteiger partial charge in [0.2, 0.25) is 0 Å². The van der Waals surface area contributed by atoms with E-state index in [1.807, 2.05) is 6.07 Å². The third-order valence-corrected chi connectivity index (χ3v) is 3.81. The minimum Gasteiger partial charge on any atom is -0.493 e. The van der Waals surface area contributed by atoms with E-state index in [1.54, 1.807) is 50.2 Å². The minimum absolute atomic E-state index is 0.207.